The molecule has 1 aliphatic heterocycles. The van der Waals surface area contributed by atoms with E-state index < -0.39 is 0 Å². The third-order valence-electron chi connectivity index (χ3n) is 3.45. The number of carbonyl (C=O) groups excluding carboxylic acids is 1. The predicted molar refractivity (Wildman–Crippen MR) is 86.4 cm³/mol. The molecule has 0 aromatic carbocycles. The van der Waals surface area contributed by atoms with Gasteiger partial charge in [-0.2, -0.15) is 0 Å². The molecule has 0 saturated carbocycles. The summed E-state index contributed by atoms with van der Waals surface area (Å²) in [4.78, 5) is 16.2. The van der Waals surface area contributed by atoms with E-state index in [-0.39, 0.29) is 18.1 Å². The second kappa shape index (κ2) is 7.79. The summed E-state index contributed by atoms with van der Waals surface area (Å²) in [5.41, 5.74) is 0.506. The summed E-state index contributed by atoms with van der Waals surface area (Å²) in [7, 11) is 0. The first-order chi connectivity index (χ1) is 10.4. The number of aromatic nitrogens is 1. The molecule has 2 heterocycles. The SMILES string of the molecule is CC(C)Oc1ncc(Cl)cc1NC(=O)CCC1CCC(C)O1. The zero-order valence-electron chi connectivity index (χ0n) is 13.3. The van der Waals surface area contributed by atoms with Crippen LogP contribution in [0.4, 0.5) is 5.69 Å². The van der Waals surface area contributed by atoms with Crippen LogP contribution in [0.3, 0.4) is 0 Å². The quantitative estimate of drug-likeness (QED) is 0.863. The van der Waals surface area contributed by atoms with Crippen molar-refractivity contribution in [1.82, 2.24) is 4.98 Å². The third-order valence-corrected chi connectivity index (χ3v) is 3.66. The van der Waals surface area contributed by atoms with Crippen molar-refractivity contribution < 1.29 is 14.3 Å². The lowest BCUT2D eigenvalue weighted by Gasteiger charge is -2.15. The summed E-state index contributed by atoms with van der Waals surface area (Å²) in [6, 6.07) is 1.65. The summed E-state index contributed by atoms with van der Waals surface area (Å²) in [5, 5.41) is 3.28. The van der Waals surface area contributed by atoms with E-state index in [2.05, 4.69) is 17.2 Å². The van der Waals surface area contributed by atoms with Crippen molar-refractivity contribution in [3.05, 3.63) is 17.3 Å². The van der Waals surface area contributed by atoms with Gasteiger partial charge in [-0.05, 0) is 46.1 Å². The van der Waals surface area contributed by atoms with Crippen molar-refractivity contribution in [1.29, 1.82) is 0 Å². The van der Waals surface area contributed by atoms with Crippen molar-refractivity contribution in [2.45, 2.75) is 64.8 Å². The zero-order valence-corrected chi connectivity index (χ0v) is 14.0. The van der Waals surface area contributed by atoms with Gasteiger partial charge >= 0.3 is 0 Å². The van der Waals surface area contributed by atoms with Crippen LogP contribution >= 0.6 is 11.6 Å². The summed E-state index contributed by atoms with van der Waals surface area (Å²) in [5.74, 6) is 0.305. The van der Waals surface area contributed by atoms with Gasteiger partial charge in [0.25, 0.3) is 0 Å². The Labute approximate surface area is 136 Å². The number of carbonyl (C=O) groups is 1. The molecule has 2 rings (SSSR count). The lowest BCUT2D eigenvalue weighted by atomic mass is 10.1. The maximum absolute atomic E-state index is 12.1. The molecule has 6 heteroatoms. The van der Waals surface area contributed by atoms with E-state index in [0.717, 1.165) is 19.3 Å². The lowest BCUT2D eigenvalue weighted by Crippen LogP contribution is -2.17. The van der Waals surface area contributed by atoms with E-state index in [1.54, 1.807) is 6.07 Å². The molecule has 1 aromatic heterocycles. The third kappa shape index (κ3) is 5.14. The van der Waals surface area contributed by atoms with Crippen LogP contribution in [0.5, 0.6) is 5.88 Å². The van der Waals surface area contributed by atoms with Gasteiger partial charge in [-0.3, -0.25) is 4.79 Å². The van der Waals surface area contributed by atoms with Crippen LogP contribution < -0.4 is 10.1 Å². The standard InChI is InChI=1S/C16H23ClN2O3/c1-10(2)21-16-14(8-12(17)9-18-16)19-15(20)7-6-13-5-4-11(3)22-13/h8-11,13H,4-7H2,1-3H3,(H,19,20). The second-order valence-corrected chi connectivity index (χ2v) is 6.34. The predicted octanol–water partition coefficient (Wildman–Crippen LogP) is 3.81. The summed E-state index contributed by atoms with van der Waals surface area (Å²) in [6.45, 7) is 5.87. The normalized spacial score (nSPS) is 21.1. The summed E-state index contributed by atoms with van der Waals surface area (Å²) >= 11 is 5.94. The van der Waals surface area contributed by atoms with Gasteiger partial charge in [-0.25, -0.2) is 4.98 Å². The molecule has 0 aliphatic carbocycles. The van der Waals surface area contributed by atoms with Gasteiger partial charge in [0, 0.05) is 12.6 Å². The Kier molecular flexibility index (Phi) is 6.03. The van der Waals surface area contributed by atoms with Gasteiger partial charge in [-0.1, -0.05) is 11.6 Å². The van der Waals surface area contributed by atoms with Gasteiger partial charge in [-0.15, -0.1) is 0 Å². The van der Waals surface area contributed by atoms with E-state index in [1.807, 2.05) is 13.8 Å². The Morgan fingerprint density at radius 3 is 2.95 bits per heavy atom. The highest BCUT2D eigenvalue weighted by Crippen LogP contribution is 2.27. The number of pyridine rings is 1. The molecule has 5 nitrogen and oxygen atoms in total. The largest absolute Gasteiger partial charge is 0.473 e. The van der Waals surface area contributed by atoms with Gasteiger partial charge in [0.2, 0.25) is 11.8 Å². The van der Waals surface area contributed by atoms with Crippen LogP contribution in [-0.2, 0) is 9.53 Å². The molecule has 2 atom stereocenters. The van der Waals surface area contributed by atoms with Crippen molar-refractivity contribution in [3.8, 4) is 5.88 Å². The molecule has 2 unspecified atom stereocenters. The Hall–Kier alpha value is -1.33. The number of anilines is 1. The molecule has 1 aliphatic rings. The van der Waals surface area contributed by atoms with E-state index in [4.69, 9.17) is 21.1 Å². The Balaban J connectivity index is 1.91. The monoisotopic (exact) mass is 326 g/mol. The number of nitrogens with one attached hydrogen (secondary N) is 1. The summed E-state index contributed by atoms with van der Waals surface area (Å²) < 4.78 is 11.3. The fourth-order valence-electron chi connectivity index (χ4n) is 2.44. The van der Waals surface area contributed by atoms with E-state index in [1.165, 1.54) is 6.20 Å². The molecule has 1 N–H and O–H groups in total. The molecule has 22 heavy (non-hydrogen) atoms. The lowest BCUT2D eigenvalue weighted by molar-refractivity contribution is -0.116. The highest BCUT2D eigenvalue weighted by atomic mass is 35.5. The van der Waals surface area contributed by atoms with Crippen molar-refractivity contribution >= 4 is 23.2 Å². The molecular weight excluding hydrogens is 304 g/mol. The molecule has 122 valence electrons. The average Bonchev–Trinajstić information content (AvgIpc) is 2.85. The molecule has 0 bridgehead atoms. The minimum Gasteiger partial charge on any atom is -0.473 e. The smallest absolute Gasteiger partial charge is 0.238 e. The Morgan fingerprint density at radius 1 is 1.55 bits per heavy atom. The fourth-order valence-corrected chi connectivity index (χ4v) is 2.59. The molecule has 1 amide bonds. The first kappa shape index (κ1) is 17.0. The molecule has 1 saturated heterocycles. The van der Waals surface area contributed by atoms with Crippen molar-refractivity contribution in [2.24, 2.45) is 0 Å². The van der Waals surface area contributed by atoms with Crippen LogP contribution in [0.15, 0.2) is 12.3 Å². The van der Waals surface area contributed by atoms with Gasteiger partial charge in [0.05, 0.1) is 23.3 Å². The molecule has 1 aromatic rings. The topological polar surface area (TPSA) is 60.5 Å². The highest BCUT2D eigenvalue weighted by molar-refractivity contribution is 6.30. The van der Waals surface area contributed by atoms with Crippen LogP contribution in [0.2, 0.25) is 5.02 Å². The second-order valence-electron chi connectivity index (χ2n) is 5.91. The maximum atomic E-state index is 12.1. The first-order valence-corrected chi connectivity index (χ1v) is 8.09. The van der Waals surface area contributed by atoms with Crippen molar-refractivity contribution in [2.75, 3.05) is 5.32 Å². The minimum absolute atomic E-state index is 0.0299. The number of ether oxygens (including phenoxy) is 2. The fraction of sp³-hybridized carbons (Fsp3) is 0.625. The summed E-state index contributed by atoms with van der Waals surface area (Å²) in [6.07, 6.45) is 5.18. The van der Waals surface area contributed by atoms with Gasteiger partial charge in [0.1, 0.15) is 5.69 Å². The van der Waals surface area contributed by atoms with E-state index in [0.29, 0.717) is 29.1 Å². The van der Waals surface area contributed by atoms with Crippen LogP contribution in [0, 0.1) is 0 Å². The first-order valence-electron chi connectivity index (χ1n) is 7.71. The molecular formula is C16H23ClN2O3. The van der Waals surface area contributed by atoms with Crippen molar-refractivity contribution in [3.63, 3.8) is 0 Å². The number of hydrogen-bond donors (Lipinski definition) is 1. The highest BCUT2D eigenvalue weighted by Gasteiger charge is 2.22. The molecule has 0 spiro atoms. The number of rotatable bonds is 6. The van der Waals surface area contributed by atoms with E-state index in [9.17, 15) is 4.79 Å². The average molecular weight is 327 g/mol. The van der Waals surface area contributed by atoms with Gasteiger partial charge < -0.3 is 14.8 Å². The van der Waals surface area contributed by atoms with Crippen LogP contribution in [0.25, 0.3) is 0 Å². The van der Waals surface area contributed by atoms with E-state index >= 15 is 0 Å². The Bertz CT molecular complexity index is 522. The number of halogens is 1. The number of amides is 1. The Morgan fingerprint density at radius 2 is 2.32 bits per heavy atom. The number of nitrogens with zero attached hydrogens (tertiary/aromatic N) is 1. The zero-order chi connectivity index (χ0) is 16.1. The van der Waals surface area contributed by atoms with Crippen LogP contribution in [0.1, 0.15) is 46.5 Å². The maximum Gasteiger partial charge on any atom is 0.238 e. The molecule has 0 radical (unpaired) electrons. The minimum atomic E-state index is -0.0826. The molecule has 1 fully saturated rings. The van der Waals surface area contributed by atoms with Gasteiger partial charge in [0.15, 0.2) is 0 Å². The van der Waals surface area contributed by atoms with Crippen LogP contribution in [-0.4, -0.2) is 29.2 Å². The number of hydrogen-bond acceptors (Lipinski definition) is 4.